The number of nitrogens with zero attached hydrogens (tertiary/aromatic N) is 1. The summed E-state index contributed by atoms with van der Waals surface area (Å²) >= 11 is 1.75. The standard InChI is InChI=1S/C12H20N2S/c1-2-10-5-3-4-6-11(10)14-9-12-13-7-8-15-12/h7-8,10-11,14H,2-6,9H2,1H3. The van der Waals surface area contributed by atoms with Crippen LogP contribution in [-0.4, -0.2) is 11.0 Å². The summed E-state index contributed by atoms with van der Waals surface area (Å²) in [5.74, 6) is 0.888. The molecule has 0 aromatic carbocycles. The van der Waals surface area contributed by atoms with Gasteiger partial charge >= 0.3 is 0 Å². The number of rotatable bonds is 4. The molecule has 3 heteroatoms. The summed E-state index contributed by atoms with van der Waals surface area (Å²) in [6.45, 7) is 3.27. The first kappa shape index (κ1) is 11.1. The molecular weight excluding hydrogens is 204 g/mol. The summed E-state index contributed by atoms with van der Waals surface area (Å²) in [7, 11) is 0. The Morgan fingerprint density at radius 2 is 2.33 bits per heavy atom. The topological polar surface area (TPSA) is 24.9 Å². The number of thiazole rings is 1. The van der Waals surface area contributed by atoms with Crippen LogP contribution in [0.5, 0.6) is 0 Å². The fourth-order valence-electron chi connectivity index (χ4n) is 2.52. The van der Waals surface area contributed by atoms with E-state index in [0.29, 0.717) is 0 Å². The minimum absolute atomic E-state index is 0.729. The molecule has 2 nitrogen and oxygen atoms in total. The van der Waals surface area contributed by atoms with Gasteiger partial charge in [0.1, 0.15) is 5.01 Å². The van der Waals surface area contributed by atoms with Crippen molar-refractivity contribution in [3.8, 4) is 0 Å². The van der Waals surface area contributed by atoms with Crippen LogP contribution in [-0.2, 0) is 6.54 Å². The second-order valence-corrected chi connectivity index (χ2v) is 5.35. The Morgan fingerprint density at radius 1 is 1.47 bits per heavy atom. The third kappa shape index (κ3) is 3.02. The third-order valence-corrected chi connectivity index (χ3v) is 4.21. The molecule has 0 radical (unpaired) electrons. The Bertz CT molecular complexity index is 271. The van der Waals surface area contributed by atoms with Crippen LogP contribution in [0.15, 0.2) is 11.6 Å². The van der Waals surface area contributed by atoms with Gasteiger partial charge < -0.3 is 5.32 Å². The van der Waals surface area contributed by atoms with E-state index in [4.69, 9.17) is 0 Å². The maximum atomic E-state index is 4.31. The molecule has 84 valence electrons. The van der Waals surface area contributed by atoms with E-state index in [1.165, 1.54) is 37.1 Å². The van der Waals surface area contributed by atoms with Crippen LogP contribution in [0.2, 0.25) is 0 Å². The van der Waals surface area contributed by atoms with Crippen LogP contribution in [0.1, 0.15) is 44.0 Å². The van der Waals surface area contributed by atoms with E-state index >= 15 is 0 Å². The smallest absolute Gasteiger partial charge is 0.106 e. The highest BCUT2D eigenvalue weighted by atomic mass is 32.1. The van der Waals surface area contributed by atoms with Crippen molar-refractivity contribution in [1.29, 1.82) is 0 Å². The summed E-state index contributed by atoms with van der Waals surface area (Å²) in [5, 5.41) is 6.94. The number of aromatic nitrogens is 1. The van der Waals surface area contributed by atoms with E-state index in [1.54, 1.807) is 11.3 Å². The van der Waals surface area contributed by atoms with Crippen molar-refractivity contribution in [2.45, 2.75) is 51.6 Å². The van der Waals surface area contributed by atoms with Crippen molar-refractivity contribution in [3.05, 3.63) is 16.6 Å². The SMILES string of the molecule is CCC1CCCCC1NCc1nccs1. The lowest BCUT2D eigenvalue weighted by Gasteiger charge is -2.31. The molecule has 2 rings (SSSR count). The zero-order chi connectivity index (χ0) is 10.5. The van der Waals surface area contributed by atoms with Gasteiger partial charge in [-0.3, -0.25) is 0 Å². The molecule has 1 aliphatic rings. The van der Waals surface area contributed by atoms with E-state index in [2.05, 4.69) is 22.6 Å². The first-order valence-corrected chi connectivity index (χ1v) is 6.90. The molecule has 0 bridgehead atoms. The Balaban J connectivity index is 1.81. The number of hydrogen-bond donors (Lipinski definition) is 1. The molecule has 1 aliphatic carbocycles. The average Bonchev–Trinajstić information content (AvgIpc) is 2.79. The Labute approximate surface area is 96.1 Å². The maximum Gasteiger partial charge on any atom is 0.106 e. The fourth-order valence-corrected chi connectivity index (χ4v) is 3.09. The molecule has 1 heterocycles. The molecule has 0 saturated heterocycles. The summed E-state index contributed by atoms with van der Waals surface area (Å²) in [5.41, 5.74) is 0. The molecular formula is C12H20N2S. The van der Waals surface area contributed by atoms with Gasteiger partial charge in [0.25, 0.3) is 0 Å². The molecule has 2 unspecified atom stereocenters. The maximum absolute atomic E-state index is 4.31. The molecule has 1 aromatic heterocycles. The Hall–Kier alpha value is -0.410. The molecule has 0 aliphatic heterocycles. The summed E-state index contributed by atoms with van der Waals surface area (Å²) in [6.07, 6.45) is 8.78. The quantitative estimate of drug-likeness (QED) is 0.849. The highest BCUT2D eigenvalue weighted by molar-refractivity contribution is 7.09. The molecule has 2 atom stereocenters. The van der Waals surface area contributed by atoms with Crippen molar-refractivity contribution in [1.82, 2.24) is 10.3 Å². The second-order valence-electron chi connectivity index (χ2n) is 4.37. The van der Waals surface area contributed by atoms with Gasteiger partial charge in [-0.2, -0.15) is 0 Å². The van der Waals surface area contributed by atoms with Gasteiger partial charge in [0.05, 0.1) is 0 Å². The minimum Gasteiger partial charge on any atom is -0.307 e. The molecule has 0 spiro atoms. The number of hydrogen-bond acceptors (Lipinski definition) is 3. The van der Waals surface area contributed by atoms with Crippen LogP contribution >= 0.6 is 11.3 Å². The molecule has 15 heavy (non-hydrogen) atoms. The minimum atomic E-state index is 0.729. The largest absolute Gasteiger partial charge is 0.307 e. The Kier molecular flexibility index (Phi) is 4.15. The predicted molar refractivity (Wildman–Crippen MR) is 65.0 cm³/mol. The zero-order valence-corrected chi connectivity index (χ0v) is 10.2. The van der Waals surface area contributed by atoms with Gasteiger partial charge in [-0.05, 0) is 18.8 Å². The molecule has 0 amide bonds. The highest BCUT2D eigenvalue weighted by Crippen LogP contribution is 2.27. The monoisotopic (exact) mass is 224 g/mol. The van der Waals surface area contributed by atoms with Crippen LogP contribution < -0.4 is 5.32 Å². The predicted octanol–water partition coefficient (Wildman–Crippen LogP) is 3.20. The lowest BCUT2D eigenvalue weighted by molar-refractivity contribution is 0.254. The van der Waals surface area contributed by atoms with Crippen molar-refractivity contribution < 1.29 is 0 Å². The summed E-state index contributed by atoms with van der Waals surface area (Å²) in [6, 6.07) is 0.729. The van der Waals surface area contributed by atoms with Crippen molar-refractivity contribution in [3.63, 3.8) is 0 Å². The summed E-state index contributed by atoms with van der Waals surface area (Å²) < 4.78 is 0. The molecule has 1 saturated carbocycles. The highest BCUT2D eigenvalue weighted by Gasteiger charge is 2.22. The van der Waals surface area contributed by atoms with Crippen molar-refractivity contribution in [2.24, 2.45) is 5.92 Å². The van der Waals surface area contributed by atoms with Gasteiger partial charge in [0, 0.05) is 24.2 Å². The molecule has 1 aromatic rings. The van der Waals surface area contributed by atoms with Crippen LogP contribution in [0.3, 0.4) is 0 Å². The van der Waals surface area contributed by atoms with Crippen molar-refractivity contribution >= 4 is 11.3 Å². The first-order valence-electron chi connectivity index (χ1n) is 6.02. The van der Waals surface area contributed by atoms with E-state index in [-0.39, 0.29) is 0 Å². The second kappa shape index (κ2) is 5.61. The first-order chi connectivity index (χ1) is 7.40. The normalized spacial score (nSPS) is 26.7. The van der Waals surface area contributed by atoms with E-state index in [0.717, 1.165) is 18.5 Å². The Morgan fingerprint density at radius 3 is 3.07 bits per heavy atom. The lowest BCUT2D eigenvalue weighted by Crippen LogP contribution is -2.37. The fraction of sp³-hybridized carbons (Fsp3) is 0.750. The molecule has 1 N–H and O–H groups in total. The van der Waals surface area contributed by atoms with Crippen LogP contribution in [0.4, 0.5) is 0 Å². The summed E-state index contributed by atoms with van der Waals surface area (Å²) in [4.78, 5) is 4.31. The van der Waals surface area contributed by atoms with Crippen molar-refractivity contribution in [2.75, 3.05) is 0 Å². The van der Waals surface area contributed by atoms with E-state index in [1.807, 2.05) is 6.20 Å². The van der Waals surface area contributed by atoms with Gasteiger partial charge in [-0.25, -0.2) is 4.98 Å². The van der Waals surface area contributed by atoms with Crippen LogP contribution in [0, 0.1) is 5.92 Å². The zero-order valence-electron chi connectivity index (χ0n) is 9.41. The van der Waals surface area contributed by atoms with Crippen LogP contribution in [0.25, 0.3) is 0 Å². The van der Waals surface area contributed by atoms with Gasteiger partial charge in [-0.1, -0.05) is 26.2 Å². The third-order valence-electron chi connectivity index (χ3n) is 3.43. The average molecular weight is 224 g/mol. The van der Waals surface area contributed by atoms with Gasteiger partial charge in [0.15, 0.2) is 0 Å². The number of nitrogens with one attached hydrogen (secondary N) is 1. The lowest BCUT2D eigenvalue weighted by atomic mass is 9.83. The van der Waals surface area contributed by atoms with Gasteiger partial charge in [0.2, 0.25) is 0 Å². The molecule has 1 fully saturated rings. The van der Waals surface area contributed by atoms with E-state index < -0.39 is 0 Å². The van der Waals surface area contributed by atoms with Gasteiger partial charge in [-0.15, -0.1) is 11.3 Å². The van der Waals surface area contributed by atoms with E-state index in [9.17, 15) is 0 Å².